The standard InChI is InChI=1S/C20H18FN3O2/c1-12-6-18(17(21)8-16(12)15-9-22-23-10-15)24-20(25)14-7-13-4-2-3-5-19(13)26-11-14/h2-6,8-10,14H,7,11H2,1H3,(H,22,23)(H,24,25). The summed E-state index contributed by atoms with van der Waals surface area (Å²) in [5, 5.41) is 9.31. The third-order valence-corrected chi connectivity index (χ3v) is 4.63. The van der Waals surface area contributed by atoms with Gasteiger partial charge in [0.1, 0.15) is 18.2 Å². The van der Waals surface area contributed by atoms with Gasteiger partial charge in [-0.25, -0.2) is 4.39 Å². The number of benzene rings is 2. The van der Waals surface area contributed by atoms with Crippen LogP contribution in [0.25, 0.3) is 11.1 Å². The van der Waals surface area contributed by atoms with Crippen LogP contribution in [0.3, 0.4) is 0 Å². The van der Waals surface area contributed by atoms with Crippen molar-refractivity contribution < 1.29 is 13.9 Å². The number of carbonyl (C=O) groups excluding carboxylic acids is 1. The second-order valence-corrected chi connectivity index (χ2v) is 6.44. The monoisotopic (exact) mass is 351 g/mol. The Morgan fingerprint density at radius 3 is 3.00 bits per heavy atom. The molecule has 3 aromatic rings. The SMILES string of the molecule is Cc1cc(NC(=O)C2COc3ccccc3C2)c(F)cc1-c1cn[nH]c1. The number of aryl methyl sites for hydroxylation is 1. The van der Waals surface area contributed by atoms with Crippen LogP contribution in [0.2, 0.25) is 0 Å². The first-order valence-electron chi connectivity index (χ1n) is 8.42. The third-order valence-electron chi connectivity index (χ3n) is 4.63. The van der Waals surface area contributed by atoms with Crippen molar-refractivity contribution in [3.63, 3.8) is 0 Å². The van der Waals surface area contributed by atoms with E-state index in [0.717, 1.165) is 28.0 Å². The van der Waals surface area contributed by atoms with Gasteiger partial charge in [0.05, 0.1) is 17.8 Å². The van der Waals surface area contributed by atoms with Gasteiger partial charge in [-0.05, 0) is 48.2 Å². The van der Waals surface area contributed by atoms with E-state index in [2.05, 4.69) is 15.5 Å². The van der Waals surface area contributed by atoms with Gasteiger partial charge in [-0.2, -0.15) is 5.10 Å². The molecule has 0 aliphatic carbocycles. The first kappa shape index (κ1) is 16.3. The quantitative estimate of drug-likeness (QED) is 0.756. The van der Waals surface area contributed by atoms with Crippen LogP contribution in [0, 0.1) is 18.7 Å². The van der Waals surface area contributed by atoms with Crippen LogP contribution >= 0.6 is 0 Å². The molecular formula is C20H18FN3O2. The Labute approximate surface area is 150 Å². The number of aromatic amines is 1. The summed E-state index contributed by atoms with van der Waals surface area (Å²) in [5.41, 5.74) is 3.57. The fraction of sp³-hybridized carbons (Fsp3) is 0.200. The number of hydrogen-bond donors (Lipinski definition) is 2. The molecule has 1 amide bonds. The first-order valence-corrected chi connectivity index (χ1v) is 8.42. The smallest absolute Gasteiger partial charge is 0.231 e. The summed E-state index contributed by atoms with van der Waals surface area (Å²) in [4.78, 5) is 12.6. The van der Waals surface area contributed by atoms with E-state index >= 15 is 0 Å². The zero-order chi connectivity index (χ0) is 18.1. The summed E-state index contributed by atoms with van der Waals surface area (Å²) >= 11 is 0. The molecule has 0 spiro atoms. The number of aromatic nitrogens is 2. The third kappa shape index (κ3) is 3.06. The van der Waals surface area contributed by atoms with Crippen LogP contribution in [-0.2, 0) is 11.2 Å². The van der Waals surface area contributed by atoms with Crippen molar-refractivity contribution in [3.05, 3.63) is 65.7 Å². The minimum atomic E-state index is -0.475. The first-order chi connectivity index (χ1) is 12.6. The summed E-state index contributed by atoms with van der Waals surface area (Å²) < 4.78 is 20.2. The lowest BCUT2D eigenvalue weighted by Gasteiger charge is -2.24. The highest BCUT2D eigenvalue weighted by atomic mass is 19.1. The van der Waals surface area contributed by atoms with Crippen LogP contribution in [0.5, 0.6) is 5.75 Å². The lowest BCUT2D eigenvalue weighted by molar-refractivity contribution is -0.121. The number of para-hydroxylation sites is 1. The number of carbonyl (C=O) groups is 1. The minimum Gasteiger partial charge on any atom is -0.492 e. The topological polar surface area (TPSA) is 67.0 Å². The zero-order valence-corrected chi connectivity index (χ0v) is 14.3. The van der Waals surface area contributed by atoms with Gasteiger partial charge in [0.15, 0.2) is 0 Å². The molecule has 2 aromatic carbocycles. The number of H-pyrrole nitrogens is 1. The van der Waals surface area contributed by atoms with E-state index in [1.165, 1.54) is 6.07 Å². The molecule has 0 bridgehead atoms. The molecule has 4 rings (SSSR count). The Morgan fingerprint density at radius 1 is 1.35 bits per heavy atom. The normalized spacial score (nSPS) is 15.8. The summed E-state index contributed by atoms with van der Waals surface area (Å²) in [5.74, 6) is -0.257. The fourth-order valence-electron chi connectivity index (χ4n) is 3.22. The van der Waals surface area contributed by atoms with E-state index in [4.69, 9.17) is 4.74 Å². The summed E-state index contributed by atoms with van der Waals surface area (Å²) in [7, 11) is 0. The molecule has 0 fully saturated rings. The number of amides is 1. The van der Waals surface area contributed by atoms with Crippen LogP contribution in [0.15, 0.2) is 48.8 Å². The molecule has 2 heterocycles. The van der Waals surface area contributed by atoms with Gasteiger partial charge < -0.3 is 10.1 Å². The van der Waals surface area contributed by atoms with E-state index < -0.39 is 5.82 Å². The molecule has 132 valence electrons. The van der Waals surface area contributed by atoms with Crippen LogP contribution < -0.4 is 10.1 Å². The van der Waals surface area contributed by atoms with Crippen LogP contribution in [0.4, 0.5) is 10.1 Å². The average Bonchev–Trinajstić information content (AvgIpc) is 3.18. The molecule has 6 heteroatoms. The molecule has 1 aliphatic heterocycles. The van der Waals surface area contributed by atoms with Crippen molar-refractivity contribution in [2.75, 3.05) is 11.9 Å². The van der Waals surface area contributed by atoms with E-state index in [1.54, 1.807) is 18.5 Å². The highest BCUT2D eigenvalue weighted by Crippen LogP contribution is 2.30. The molecule has 1 unspecified atom stereocenters. The number of fused-ring (bicyclic) bond motifs is 1. The maximum atomic E-state index is 14.5. The Morgan fingerprint density at radius 2 is 2.19 bits per heavy atom. The predicted octanol–water partition coefficient (Wildman–Crippen LogP) is 3.71. The molecule has 1 atom stereocenters. The largest absolute Gasteiger partial charge is 0.492 e. The van der Waals surface area contributed by atoms with Gasteiger partial charge in [-0.1, -0.05) is 18.2 Å². The molecule has 26 heavy (non-hydrogen) atoms. The number of hydrogen-bond acceptors (Lipinski definition) is 3. The highest BCUT2D eigenvalue weighted by Gasteiger charge is 2.26. The van der Waals surface area contributed by atoms with E-state index in [1.807, 2.05) is 31.2 Å². The number of ether oxygens (including phenoxy) is 1. The predicted molar refractivity (Wildman–Crippen MR) is 96.5 cm³/mol. The maximum absolute atomic E-state index is 14.5. The Bertz CT molecular complexity index is 954. The highest BCUT2D eigenvalue weighted by molar-refractivity contribution is 5.93. The fourth-order valence-corrected chi connectivity index (χ4v) is 3.22. The molecule has 1 aromatic heterocycles. The van der Waals surface area contributed by atoms with Gasteiger partial charge in [0.25, 0.3) is 0 Å². The summed E-state index contributed by atoms with van der Waals surface area (Å²) in [6.45, 7) is 2.16. The number of nitrogens with zero attached hydrogens (tertiary/aromatic N) is 1. The number of nitrogens with one attached hydrogen (secondary N) is 2. The van der Waals surface area contributed by atoms with E-state index in [9.17, 15) is 9.18 Å². The lowest BCUT2D eigenvalue weighted by atomic mass is 9.95. The molecule has 0 saturated heterocycles. The van der Waals surface area contributed by atoms with Gasteiger partial charge in [0.2, 0.25) is 5.91 Å². The van der Waals surface area contributed by atoms with Crippen molar-refractivity contribution in [3.8, 4) is 16.9 Å². The zero-order valence-electron chi connectivity index (χ0n) is 14.3. The Kier molecular flexibility index (Phi) is 4.16. The second kappa shape index (κ2) is 6.63. The summed E-state index contributed by atoms with van der Waals surface area (Å²) in [6.07, 6.45) is 3.92. The number of rotatable bonds is 3. The van der Waals surface area contributed by atoms with Gasteiger partial charge in [-0.15, -0.1) is 0 Å². The minimum absolute atomic E-state index is 0.179. The van der Waals surface area contributed by atoms with Crippen LogP contribution in [-0.4, -0.2) is 22.7 Å². The molecular weight excluding hydrogens is 333 g/mol. The number of halogens is 1. The van der Waals surface area contributed by atoms with Gasteiger partial charge in [-0.3, -0.25) is 9.89 Å². The number of anilines is 1. The van der Waals surface area contributed by atoms with Crippen molar-refractivity contribution in [1.29, 1.82) is 0 Å². The van der Waals surface area contributed by atoms with E-state index in [-0.39, 0.29) is 24.1 Å². The average molecular weight is 351 g/mol. The van der Waals surface area contributed by atoms with Crippen LogP contribution in [0.1, 0.15) is 11.1 Å². The van der Waals surface area contributed by atoms with Crippen molar-refractivity contribution in [2.45, 2.75) is 13.3 Å². The molecule has 1 aliphatic rings. The summed E-state index contributed by atoms with van der Waals surface area (Å²) in [6, 6.07) is 10.7. The Balaban J connectivity index is 1.52. The Hall–Kier alpha value is -3.15. The van der Waals surface area contributed by atoms with E-state index in [0.29, 0.717) is 6.42 Å². The van der Waals surface area contributed by atoms with Gasteiger partial charge in [0, 0.05) is 11.8 Å². The maximum Gasteiger partial charge on any atom is 0.231 e. The molecule has 0 radical (unpaired) electrons. The van der Waals surface area contributed by atoms with Crippen molar-refractivity contribution >= 4 is 11.6 Å². The van der Waals surface area contributed by atoms with Crippen molar-refractivity contribution in [1.82, 2.24) is 10.2 Å². The van der Waals surface area contributed by atoms with Gasteiger partial charge >= 0.3 is 0 Å². The molecule has 0 saturated carbocycles. The second-order valence-electron chi connectivity index (χ2n) is 6.44. The lowest BCUT2D eigenvalue weighted by Crippen LogP contribution is -2.32. The molecule has 5 nitrogen and oxygen atoms in total. The molecule has 2 N–H and O–H groups in total. The van der Waals surface area contributed by atoms with Crippen molar-refractivity contribution in [2.24, 2.45) is 5.92 Å².